The monoisotopic (exact) mass is 299 g/mol. The van der Waals surface area contributed by atoms with E-state index in [9.17, 15) is 18.5 Å². The first-order valence-electron chi connectivity index (χ1n) is 6.34. The van der Waals surface area contributed by atoms with Gasteiger partial charge in [-0.25, -0.2) is 13.6 Å². The number of nitrogens with zero attached hydrogens (tertiary/aromatic N) is 1. The van der Waals surface area contributed by atoms with Crippen molar-refractivity contribution in [1.29, 1.82) is 0 Å². The molecule has 20 heavy (non-hydrogen) atoms. The quantitative estimate of drug-likeness (QED) is 0.650. The number of non-ortho nitro benzene ring substituents is 1. The Morgan fingerprint density at radius 1 is 1.35 bits per heavy atom. The summed E-state index contributed by atoms with van der Waals surface area (Å²) in [5, 5.41) is 19.1. The zero-order valence-corrected chi connectivity index (χ0v) is 11.9. The molecule has 0 heterocycles. The largest absolute Gasteiger partial charge is 0.382 e. The first-order valence-corrected chi connectivity index (χ1v) is 7.89. The number of nitrogens with one attached hydrogen (secondary N) is 1. The molecular weight excluding hydrogens is 282 g/mol. The molecule has 0 aliphatic heterocycles. The second-order valence-electron chi connectivity index (χ2n) is 5.28. The van der Waals surface area contributed by atoms with E-state index in [1.807, 2.05) is 0 Å². The molecule has 3 N–H and O–H groups in total. The summed E-state index contributed by atoms with van der Waals surface area (Å²) in [6.07, 6.45) is 3.02. The number of nitro groups is 1. The van der Waals surface area contributed by atoms with Crippen LogP contribution in [0.25, 0.3) is 0 Å². The summed E-state index contributed by atoms with van der Waals surface area (Å²) in [6.45, 7) is 2.14. The molecular formula is C12H17N3O4S. The van der Waals surface area contributed by atoms with Gasteiger partial charge in [0.05, 0.1) is 9.82 Å². The molecule has 1 aliphatic carbocycles. The maximum Gasteiger partial charge on any atom is 0.272 e. The summed E-state index contributed by atoms with van der Waals surface area (Å²) < 4.78 is 22.8. The first-order chi connectivity index (χ1) is 9.25. The molecule has 0 aromatic heterocycles. The predicted molar refractivity (Wildman–Crippen MR) is 74.9 cm³/mol. The average Bonchev–Trinajstić information content (AvgIpc) is 2.73. The number of benzene rings is 1. The zero-order valence-electron chi connectivity index (χ0n) is 11.1. The Balaban J connectivity index is 2.32. The highest BCUT2D eigenvalue weighted by atomic mass is 32.2. The van der Waals surface area contributed by atoms with Crippen molar-refractivity contribution in [2.24, 2.45) is 11.1 Å². The Labute approximate surface area is 117 Å². The minimum absolute atomic E-state index is 0.209. The molecule has 1 aromatic rings. The van der Waals surface area contributed by atoms with Crippen LogP contribution in [0.4, 0.5) is 11.4 Å². The molecule has 2 unspecified atom stereocenters. The fraction of sp³-hybridized carbons (Fsp3) is 0.500. The second-order valence-corrected chi connectivity index (χ2v) is 6.84. The fourth-order valence-corrected chi connectivity index (χ4v) is 3.09. The van der Waals surface area contributed by atoms with Crippen LogP contribution in [0, 0.1) is 16.0 Å². The Hall–Kier alpha value is -1.67. The Bertz CT molecular complexity index is 630. The molecule has 1 aromatic carbocycles. The van der Waals surface area contributed by atoms with Crippen LogP contribution in [0.3, 0.4) is 0 Å². The maximum atomic E-state index is 11.4. The number of hydrogen-bond acceptors (Lipinski definition) is 5. The van der Waals surface area contributed by atoms with Crippen LogP contribution in [0.2, 0.25) is 0 Å². The number of hydrogen-bond donors (Lipinski definition) is 2. The van der Waals surface area contributed by atoms with Crippen molar-refractivity contribution in [3.8, 4) is 0 Å². The molecule has 2 atom stereocenters. The number of rotatable bonds is 4. The van der Waals surface area contributed by atoms with Gasteiger partial charge in [-0.2, -0.15) is 0 Å². The smallest absolute Gasteiger partial charge is 0.272 e. The van der Waals surface area contributed by atoms with Gasteiger partial charge in [-0.3, -0.25) is 10.1 Å². The van der Waals surface area contributed by atoms with E-state index in [1.54, 1.807) is 0 Å². The average molecular weight is 299 g/mol. The van der Waals surface area contributed by atoms with Gasteiger partial charge in [0.15, 0.2) is 0 Å². The van der Waals surface area contributed by atoms with Crippen molar-refractivity contribution in [2.75, 3.05) is 5.32 Å². The van der Waals surface area contributed by atoms with Crippen LogP contribution < -0.4 is 10.5 Å². The van der Waals surface area contributed by atoms with E-state index in [4.69, 9.17) is 5.14 Å². The molecule has 1 saturated carbocycles. The van der Waals surface area contributed by atoms with E-state index in [-0.39, 0.29) is 16.6 Å². The summed E-state index contributed by atoms with van der Waals surface area (Å²) in [4.78, 5) is 9.99. The van der Waals surface area contributed by atoms with Crippen LogP contribution in [-0.2, 0) is 10.0 Å². The highest BCUT2D eigenvalue weighted by molar-refractivity contribution is 7.89. The minimum atomic E-state index is -3.97. The molecule has 0 bridgehead atoms. The van der Waals surface area contributed by atoms with Crippen LogP contribution in [-0.4, -0.2) is 19.4 Å². The topological polar surface area (TPSA) is 115 Å². The molecule has 0 amide bonds. The van der Waals surface area contributed by atoms with Crippen molar-refractivity contribution >= 4 is 21.4 Å². The SMILES string of the molecule is CC1CCC(Nc2cc([N+](=O)[O-])cc(S(N)(=O)=O)c2)C1. The van der Waals surface area contributed by atoms with Crippen LogP contribution in [0.15, 0.2) is 23.1 Å². The van der Waals surface area contributed by atoms with E-state index in [2.05, 4.69) is 12.2 Å². The van der Waals surface area contributed by atoms with Crippen molar-refractivity contribution in [2.45, 2.75) is 37.1 Å². The molecule has 8 heteroatoms. The Morgan fingerprint density at radius 2 is 2.05 bits per heavy atom. The Morgan fingerprint density at radius 3 is 2.55 bits per heavy atom. The Kier molecular flexibility index (Phi) is 3.96. The lowest BCUT2D eigenvalue weighted by Crippen LogP contribution is -2.17. The van der Waals surface area contributed by atoms with Gasteiger partial charge in [-0.05, 0) is 31.2 Å². The molecule has 1 aliphatic rings. The third-order valence-corrected chi connectivity index (χ3v) is 4.39. The second kappa shape index (κ2) is 5.37. The van der Waals surface area contributed by atoms with E-state index < -0.39 is 14.9 Å². The van der Waals surface area contributed by atoms with E-state index in [0.29, 0.717) is 11.6 Å². The predicted octanol–water partition coefficient (Wildman–Crippen LogP) is 1.84. The van der Waals surface area contributed by atoms with Gasteiger partial charge < -0.3 is 5.32 Å². The number of nitrogens with two attached hydrogens (primary N) is 1. The van der Waals surface area contributed by atoms with Crippen LogP contribution >= 0.6 is 0 Å². The highest BCUT2D eigenvalue weighted by Gasteiger charge is 2.23. The van der Waals surface area contributed by atoms with Crippen molar-refractivity contribution < 1.29 is 13.3 Å². The highest BCUT2D eigenvalue weighted by Crippen LogP contribution is 2.30. The number of primary sulfonamides is 1. The van der Waals surface area contributed by atoms with Gasteiger partial charge in [-0.15, -0.1) is 0 Å². The standard InChI is InChI=1S/C12H17N3O4S/c1-8-2-3-9(4-8)14-10-5-11(15(16)17)7-12(6-10)20(13,18)19/h5-9,14H,2-4H2,1H3,(H2,13,18,19). The fourth-order valence-electron chi connectivity index (χ4n) is 2.51. The van der Waals surface area contributed by atoms with Gasteiger partial charge in [0, 0.05) is 23.9 Å². The third-order valence-electron chi connectivity index (χ3n) is 3.50. The van der Waals surface area contributed by atoms with E-state index in [1.165, 1.54) is 12.1 Å². The van der Waals surface area contributed by atoms with Crippen molar-refractivity contribution in [3.63, 3.8) is 0 Å². The number of sulfonamides is 1. The first kappa shape index (κ1) is 14.7. The van der Waals surface area contributed by atoms with Crippen LogP contribution in [0.1, 0.15) is 26.2 Å². The molecule has 2 rings (SSSR count). The normalized spacial score (nSPS) is 22.7. The maximum absolute atomic E-state index is 11.4. The molecule has 0 spiro atoms. The van der Waals surface area contributed by atoms with E-state index in [0.717, 1.165) is 25.3 Å². The lowest BCUT2D eigenvalue weighted by molar-refractivity contribution is -0.385. The van der Waals surface area contributed by atoms with Gasteiger partial charge in [-0.1, -0.05) is 6.92 Å². The van der Waals surface area contributed by atoms with Gasteiger partial charge >= 0.3 is 0 Å². The van der Waals surface area contributed by atoms with Gasteiger partial charge in [0.25, 0.3) is 5.69 Å². The summed E-state index contributed by atoms with van der Waals surface area (Å²) in [7, 11) is -3.97. The number of anilines is 1. The van der Waals surface area contributed by atoms with Crippen molar-refractivity contribution in [3.05, 3.63) is 28.3 Å². The number of nitro benzene ring substituents is 1. The molecule has 0 saturated heterocycles. The van der Waals surface area contributed by atoms with Gasteiger partial charge in [0.1, 0.15) is 0 Å². The summed E-state index contributed by atoms with van der Waals surface area (Å²) in [5.74, 6) is 0.601. The zero-order chi connectivity index (χ0) is 14.9. The summed E-state index contributed by atoms with van der Waals surface area (Å²) in [6, 6.07) is 3.85. The molecule has 110 valence electrons. The molecule has 0 radical (unpaired) electrons. The van der Waals surface area contributed by atoms with Gasteiger partial charge in [0.2, 0.25) is 10.0 Å². The molecule has 7 nitrogen and oxygen atoms in total. The third kappa shape index (κ3) is 3.45. The van der Waals surface area contributed by atoms with Crippen molar-refractivity contribution in [1.82, 2.24) is 0 Å². The summed E-state index contributed by atoms with van der Waals surface area (Å²) >= 11 is 0. The van der Waals surface area contributed by atoms with Crippen LogP contribution in [0.5, 0.6) is 0 Å². The van der Waals surface area contributed by atoms with E-state index >= 15 is 0 Å². The lowest BCUT2D eigenvalue weighted by Gasteiger charge is -2.14. The lowest BCUT2D eigenvalue weighted by atomic mass is 10.1. The minimum Gasteiger partial charge on any atom is -0.382 e. The summed E-state index contributed by atoms with van der Waals surface area (Å²) in [5.41, 5.74) is 0.132. The molecule has 1 fully saturated rings.